The predicted octanol–water partition coefficient (Wildman–Crippen LogP) is 3.47. The van der Waals surface area contributed by atoms with Gasteiger partial charge >= 0.3 is 0 Å². The summed E-state index contributed by atoms with van der Waals surface area (Å²) in [5, 5.41) is 0. The van der Waals surface area contributed by atoms with Gasteiger partial charge in [0.1, 0.15) is 12.4 Å². The van der Waals surface area contributed by atoms with Crippen molar-refractivity contribution in [3.63, 3.8) is 0 Å². The topological polar surface area (TPSA) is 18.5 Å². The Morgan fingerprint density at radius 2 is 1.89 bits per heavy atom. The molecular weight excluding hydrogens is 248 g/mol. The molecular formula is C15H19ClO2. The summed E-state index contributed by atoms with van der Waals surface area (Å²) in [6, 6.07) is 7.72. The van der Waals surface area contributed by atoms with Crippen LogP contribution in [0.15, 0.2) is 24.3 Å². The molecule has 0 N–H and O–H groups in total. The van der Waals surface area contributed by atoms with Crippen molar-refractivity contribution in [2.75, 3.05) is 19.1 Å². The summed E-state index contributed by atoms with van der Waals surface area (Å²) in [6.45, 7) is 5.19. The van der Waals surface area contributed by atoms with E-state index in [1.807, 2.05) is 38.1 Å². The highest BCUT2D eigenvalue weighted by Gasteiger charge is 1.95. The first-order valence-corrected chi connectivity index (χ1v) is 6.65. The van der Waals surface area contributed by atoms with Crippen LogP contribution < -0.4 is 4.74 Å². The van der Waals surface area contributed by atoms with Gasteiger partial charge in [0.05, 0.1) is 12.7 Å². The molecule has 0 spiro atoms. The highest BCUT2D eigenvalue weighted by Crippen LogP contribution is 2.11. The van der Waals surface area contributed by atoms with Gasteiger partial charge in [-0.3, -0.25) is 0 Å². The smallest absolute Gasteiger partial charge is 0.119 e. The summed E-state index contributed by atoms with van der Waals surface area (Å²) in [7, 11) is 0. The van der Waals surface area contributed by atoms with E-state index in [-0.39, 0.29) is 6.10 Å². The third-order valence-electron chi connectivity index (χ3n) is 2.11. The molecule has 3 heteroatoms. The van der Waals surface area contributed by atoms with E-state index in [4.69, 9.17) is 21.1 Å². The fourth-order valence-corrected chi connectivity index (χ4v) is 1.38. The van der Waals surface area contributed by atoms with E-state index in [0.29, 0.717) is 25.5 Å². The van der Waals surface area contributed by atoms with E-state index in [1.165, 1.54) is 0 Å². The summed E-state index contributed by atoms with van der Waals surface area (Å²) < 4.78 is 10.9. The van der Waals surface area contributed by atoms with Gasteiger partial charge in [-0.1, -0.05) is 11.8 Å². The van der Waals surface area contributed by atoms with Crippen molar-refractivity contribution in [2.24, 2.45) is 0 Å². The first-order chi connectivity index (χ1) is 8.72. The van der Waals surface area contributed by atoms with Crippen LogP contribution in [0, 0.1) is 11.8 Å². The average molecular weight is 267 g/mol. The van der Waals surface area contributed by atoms with Crippen molar-refractivity contribution in [1.82, 2.24) is 0 Å². The predicted molar refractivity (Wildman–Crippen MR) is 75.2 cm³/mol. The molecule has 0 aromatic heterocycles. The van der Waals surface area contributed by atoms with Crippen molar-refractivity contribution < 1.29 is 9.47 Å². The molecule has 1 rings (SSSR count). The first kappa shape index (κ1) is 14.9. The summed E-state index contributed by atoms with van der Waals surface area (Å²) >= 11 is 5.55. The van der Waals surface area contributed by atoms with Crippen LogP contribution in [-0.2, 0) is 4.74 Å². The van der Waals surface area contributed by atoms with Gasteiger partial charge < -0.3 is 9.47 Å². The Bertz CT molecular complexity index is 387. The van der Waals surface area contributed by atoms with Crippen LogP contribution in [0.1, 0.15) is 25.8 Å². The fraction of sp³-hybridized carbons (Fsp3) is 0.467. The molecule has 2 nitrogen and oxygen atoms in total. The lowest BCUT2D eigenvalue weighted by molar-refractivity contribution is 0.0553. The van der Waals surface area contributed by atoms with Crippen molar-refractivity contribution in [3.05, 3.63) is 29.8 Å². The molecule has 0 saturated carbocycles. The van der Waals surface area contributed by atoms with E-state index in [0.717, 1.165) is 11.3 Å². The molecule has 0 fully saturated rings. The second-order valence-electron chi connectivity index (χ2n) is 4.03. The van der Waals surface area contributed by atoms with Gasteiger partial charge in [0.2, 0.25) is 0 Å². The molecule has 0 aliphatic rings. The van der Waals surface area contributed by atoms with E-state index < -0.39 is 0 Å². The minimum atomic E-state index is 0.244. The molecule has 0 unspecified atom stereocenters. The summed E-state index contributed by atoms with van der Waals surface area (Å²) in [6.07, 6.45) is 0.958. The Morgan fingerprint density at radius 3 is 2.50 bits per heavy atom. The van der Waals surface area contributed by atoms with Gasteiger partial charge in [-0.15, -0.1) is 11.6 Å². The largest absolute Gasteiger partial charge is 0.491 e. The Labute approximate surface area is 114 Å². The maximum absolute atomic E-state index is 5.55. The zero-order valence-electron chi connectivity index (χ0n) is 10.9. The van der Waals surface area contributed by atoms with Crippen LogP contribution in [0.3, 0.4) is 0 Å². The molecule has 0 aliphatic heterocycles. The van der Waals surface area contributed by atoms with Gasteiger partial charge in [0, 0.05) is 17.9 Å². The second-order valence-corrected chi connectivity index (χ2v) is 4.41. The lowest BCUT2D eigenvalue weighted by Gasteiger charge is -2.09. The molecule has 0 bridgehead atoms. The number of halogens is 1. The minimum Gasteiger partial charge on any atom is -0.491 e. The van der Waals surface area contributed by atoms with Gasteiger partial charge in [-0.05, 0) is 38.1 Å². The van der Waals surface area contributed by atoms with Crippen molar-refractivity contribution in [1.29, 1.82) is 0 Å². The maximum atomic E-state index is 5.55. The third kappa shape index (κ3) is 6.54. The number of rotatable bonds is 6. The van der Waals surface area contributed by atoms with E-state index in [9.17, 15) is 0 Å². The van der Waals surface area contributed by atoms with E-state index in [2.05, 4.69) is 11.8 Å². The van der Waals surface area contributed by atoms with Crippen molar-refractivity contribution in [2.45, 2.75) is 26.4 Å². The number of hydrogen-bond donors (Lipinski definition) is 0. The van der Waals surface area contributed by atoms with Crippen molar-refractivity contribution in [3.8, 4) is 17.6 Å². The molecule has 0 atom stereocenters. The molecule has 0 amide bonds. The normalized spacial score (nSPS) is 10.0. The van der Waals surface area contributed by atoms with Crippen LogP contribution >= 0.6 is 11.6 Å². The highest BCUT2D eigenvalue weighted by molar-refractivity contribution is 6.18. The quantitative estimate of drug-likeness (QED) is 0.446. The SMILES string of the molecule is CC(C)OCCOc1ccc(C#CCCCl)cc1. The van der Waals surface area contributed by atoms with E-state index >= 15 is 0 Å². The Kier molecular flexibility index (Phi) is 7.32. The van der Waals surface area contributed by atoms with Crippen molar-refractivity contribution >= 4 is 11.6 Å². The van der Waals surface area contributed by atoms with Crippen LogP contribution in [0.2, 0.25) is 0 Å². The molecule has 1 aromatic carbocycles. The molecule has 0 aliphatic carbocycles. The maximum Gasteiger partial charge on any atom is 0.119 e. The van der Waals surface area contributed by atoms with Gasteiger partial charge in [-0.2, -0.15) is 0 Å². The minimum absolute atomic E-state index is 0.244. The van der Waals surface area contributed by atoms with Gasteiger partial charge in [0.15, 0.2) is 0 Å². The van der Waals surface area contributed by atoms with Gasteiger partial charge in [0.25, 0.3) is 0 Å². The zero-order valence-corrected chi connectivity index (χ0v) is 11.7. The lowest BCUT2D eigenvalue weighted by Crippen LogP contribution is -2.11. The van der Waals surface area contributed by atoms with E-state index in [1.54, 1.807) is 0 Å². The highest BCUT2D eigenvalue weighted by atomic mass is 35.5. The third-order valence-corrected chi connectivity index (χ3v) is 2.30. The van der Waals surface area contributed by atoms with Crippen LogP contribution in [0.4, 0.5) is 0 Å². The lowest BCUT2D eigenvalue weighted by atomic mass is 10.2. The molecule has 1 aromatic rings. The number of alkyl halides is 1. The molecule has 0 saturated heterocycles. The average Bonchev–Trinajstić information content (AvgIpc) is 2.36. The summed E-state index contributed by atoms with van der Waals surface area (Å²) in [5.41, 5.74) is 0.978. The first-order valence-electron chi connectivity index (χ1n) is 6.11. The molecule has 98 valence electrons. The van der Waals surface area contributed by atoms with Crippen LogP contribution in [-0.4, -0.2) is 25.2 Å². The molecule has 0 radical (unpaired) electrons. The number of ether oxygens (including phenoxy) is 2. The monoisotopic (exact) mass is 266 g/mol. The Morgan fingerprint density at radius 1 is 1.17 bits per heavy atom. The second kappa shape index (κ2) is 8.85. The molecule has 18 heavy (non-hydrogen) atoms. The molecule has 0 heterocycles. The Balaban J connectivity index is 2.34. The van der Waals surface area contributed by atoms with Crippen LogP contribution in [0.5, 0.6) is 5.75 Å². The number of hydrogen-bond acceptors (Lipinski definition) is 2. The standard InChI is InChI=1S/C15H19ClO2/c1-13(2)17-11-12-18-15-8-6-14(7-9-15)5-3-4-10-16/h6-9,13H,4,10-12H2,1-2H3. The Hall–Kier alpha value is -1.17. The van der Waals surface area contributed by atoms with Gasteiger partial charge in [-0.25, -0.2) is 0 Å². The number of benzene rings is 1. The fourth-order valence-electron chi connectivity index (χ4n) is 1.29. The van der Waals surface area contributed by atoms with Crippen LogP contribution in [0.25, 0.3) is 0 Å². The summed E-state index contributed by atoms with van der Waals surface area (Å²) in [5.74, 6) is 7.44. The summed E-state index contributed by atoms with van der Waals surface area (Å²) in [4.78, 5) is 0. The zero-order chi connectivity index (χ0) is 13.2.